The van der Waals surface area contributed by atoms with Gasteiger partial charge >= 0.3 is 51.4 Å². The van der Waals surface area contributed by atoms with Crippen LogP contribution in [0.2, 0.25) is 0 Å². The van der Waals surface area contributed by atoms with E-state index < -0.39 is 21.5 Å². The standard InChI is InChI=1S/C20H42O4S.K/c1-3-5-7-9-10-11-12-13-14-16-18-20(25(22,23)24)19(21)17-15-8-6-4-2;/h19-21H,3-18H2,1-2H3,(H,22,23,24);/q;+1/p-1. The van der Waals surface area contributed by atoms with E-state index in [2.05, 4.69) is 13.8 Å². The molecule has 0 spiro atoms. The summed E-state index contributed by atoms with van der Waals surface area (Å²) < 4.78 is 34.3. The van der Waals surface area contributed by atoms with Crippen molar-refractivity contribution < 1.29 is 69.5 Å². The summed E-state index contributed by atoms with van der Waals surface area (Å²) in [4.78, 5) is 0. The molecule has 2 unspecified atom stereocenters. The van der Waals surface area contributed by atoms with Crippen molar-refractivity contribution in [3.8, 4) is 0 Å². The molecule has 0 fully saturated rings. The van der Waals surface area contributed by atoms with Crippen molar-refractivity contribution in [3.05, 3.63) is 0 Å². The van der Waals surface area contributed by atoms with E-state index in [0.29, 0.717) is 19.3 Å². The van der Waals surface area contributed by atoms with Gasteiger partial charge in [0.05, 0.1) is 11.4 Å². The molecule has 0 aliphatic rings. The fourth-order valence-electron chi connectivity index (χ4n) is 3.33. The Morgan fingerprint density at radius 1 is 0.692 bits per heavy atom. The molecule has 152 valence electrons. The molecule has 0 saturated carbocycles. The monoisotopic (exact) mass is 416 g/mol. The topological polar surface area (TPSA) is 77.4 Å². The number of rotatable bonds is 18. The Kier molecular flexibility index (Phi) is 22.6. The van der Waals surface area contributed by atoms with Crippen LogP contribution < -0.4 is 51.4 Å². The smallest absolute Gasteiger partial charge is 0.748 e. The largest absolute Gasteiger partial charge is 1.00 e. The number of aliphatic hydroxyl groups excluding tert-OH is 1. The van der Waals surface area contributed by atoms with Crippen molar-refractivity contribution in [2.24, 2.45) is 0 Å². The van der Waals surface area contributed by atoms with Gasteiger partial charge in [0.2, 0.25) is 0 Å². The van der Waals surface area contributed by atoms with E-state index >= 15 is 0 Å². The van der Waals surface area contributed by atoms with Crippen LogP contribution in [0.25, 0.3) is 0 Å². The molecule has 26 heavy (non-hydrogen) atoms. The van der Waals surface area contributed by atoms with Gasteiger partial charge in [0.25, 0.3) is 0 Å². The number of aliphatic hydroxyl groups is 1. The first-order valence-corrected chi connectivity index (χ1v) is 12.0. The Balaban J connectivity index is 0. The maximum Gasteiger partial charge on any atom is 1.00 e. The van der Waals surface area contributed by atoms with Gasteiger partial charge in [-0.2, -0.15) is 0 Å². The van der Waals surface area contributed by atoms with Crippen LogP contribution in [0, 0.1) is 0 Å². The molecule has 0 aromatic heterocycles. The Morgan fingerprint density at radius 3 is 1.46 bits per heavy atom. The zero-order valence-corrected chi connectivity index (χ0v) is 21.5. The van der Waals surface area contributed by atoms with Crippen LogP contribution in [-0.4, -0.2) is 29.4 Å². The number of unbranched alkanes of at least 4 members (excludes halogenated alkanes) is 12. The molecule has 0 amide bonds. The predicted molar refractivity (Wildman–Crippen MR) is 105 cm³/mol. The van der Waals surface area contributed by atoms with E-state index in [1.807, 2.05) is 0 Å². The van der Waals surface area contributed by atoms with Crippen LogP contribution in [-0.2, 0) is 10.1 Å². The van der Waals surface area contributed by atoms with Crippen LogP contribution >= 0.6 is 0 Å². The second-order valence-electron chi connectivity index (χ2n) is 7.42. The molecule has 6 heteroatoms. The molecule has 0 aromatic rings. The fraction of sp³-hybridized carbons (Fsp3) is 1.00. The van der Waals surface area contributed by atoms with Gasteiger partial charge in [-0.25, -0.2) is 8.42 Å². The minimum atomic E-state index is -4.42. The SMILES string of the molecule is CCCCCCCCCCCCC(C(O)CCCCCC)S(=O)(=O)[O-].[K+]. The van der Waals surface area contributed by atoms with Gasteiger partial charge < -0.3 is 9.66 Å². The van der Waals surface area contributed by atoms with Gasteiger partial charge in [0.15, 0.2) is 0 Å². The normalized spacial score (nSPS) is 14.0. The number of hydrogen-bond acceptors (Lipinski definition) is 4. The first-order valence-electron chi connectivity index (χ1n) is 10.6. The average Bonchev–Trinajstić information content (AvgIpc) is 2.55. The molecule has 0 bridgehead atoms. The minimum absolute atomic E-state index is 0. The Morgan fingerprint density at radius 2 is 1.04 bits per heavy atom. The molecule has 2 atom stereocenters. The first kappa shape index (κ1) is 29.7. The van der Waals surface area contributed by atoms with Crippen LogP contribution in [0.3, 0.4) is 0 Å². The van der Waals surface area contributed by atoms with E-state index in [1.54, 1.807) is 0 Å². The van der Waals surface area contributed by atoms with E-state index in [0.717, 1.165) is 38.5 Å². The third-order valence-corrected chi connectivity index (χ3v) is 6.29. The average molecular weight is 417 g/mol. The second kappa shape index (κ2) is 19.8. The van der Waals surface area contributed by atoms with Crippen LogP contribution in [0.15, 0.2) is 0 Å². The van der Waals surface area contributed by atoms with Crippen molar-refractivity contribution in [1.82, 2.24) is 0 Å². The summed E-state index contributed by atoms with van der Waals surface area (Å²) in [5.74, 6) is 0. The van der Waals surface area contributed by atoms with Gasteiger partial charge in [-0.3, -0.25) is 0 Å². The third-order valence-electron chi connectivity index (χ3n) is 5.00. The van der Waals surface area contributed by atoms with Crippen molar-refractivity contribution in [1.29, 1.82) is 0 Å². The predicted octanol–water partition coefficient (Wildman–Crippen LogP) is 2.55. The van der Waals surface area contributed by atoms with E-state index in [1.165, 1.54) is 44.9 Å². The van der Waals surface area contributed by atoms with Crippen LogP contribution in [0.4, 0.5) is 0 Å². The van der Waals surface area contributed by atoms with Crippen molar-refractivity contribution in [2.45, 2.75) is 128 Å². The zero-order valence-electron chi connectivity index (χ0n) is 17.5. The van der Waals surface area contributed by atoms with Crippen LogP contribution in [0.1, 0.15) is 117 Å². The van der Waals surface area contributed by atoms with Gasteiger partial charge in [-0.05, 0) is 12.8 Å². The van der Waals surface area contributed by atoms with Crippen molar-refractivity contribution in [3.63, 3.8) is 0 Å². The molecular weight excluding hydrogens is 375 g/mol. The van der Waals surface area contributed by atoms with E-state index in [-0.39, 0.29) is 51.4 Å². The summed E-state index contributed by atoms with van der Waals surface area (Å²) in [6.07, 6.45) is 15.4. The summed E-state index contributed by atoms with van der Waals surface area (Å²) in [6, 6.07) is 0. The van der Waals surface area contributed by atoms with Gasteiger partial charge in [-0.1, -0.05) is 104 Å². The molecule has 0 radical (unpaired) electrons. The molecule has 1 N–H and O–H groups in total. The molecule has 0 aliphatic heterocycles. The van der Waals surface area contributed by atoms with Gasteiger partial charge in [-0.15, -0.1) is 0 Å². The Labute approximate surface area is 205 Å². The maximum atomic E-state index is 11.4. The Hall–Kier alpha value is 1.51. The van der Waals surface area contributed by atoms with Crippen molar-refractivity contribution in [2.75, 3.05) is 0 Å². The molecular formula is C20H41KO4S. The zero-order chi connectivity index (χ0) is 19.0. The molecule has 0 rings (SSSR count). The fourth-order valence-corrected chi connectivity index (χ4v) is 4.30. The van der Waals surface area contributed by atoms with Crippen molar-refractivity contribution >= 4 is 10.1 Å². The van der Waals surface area contributed by atoms with Gasteiger partial charge in [0.1, 0.15) is 10.1 Å². The van der Waals surface area contributed by atoms with E-state index in [4.69, 9.17) is 0 Å². The third kappa shape index (κ3) is 17.6. The van der Waals surface area contributed by atoms with Crippen LogP contribution in [0.5, 0.6) is 0 Å². The molecule has 4 nitrogen and oxygen atoms in total. The maximum absolute atomic E-state index is 11.4. The first-order chi connectivity index (χ1) is 11.9. The second-order valence-corrected chi connectivity index (χ2v) is 9.01. The number of hydrogen-bond donors (Lipinski definition) is 1. The molecule has 0 saturated heterocycles. The minimum Gasteiger partial charge on any atom is -0.748 e. The quantitative estimate of drug-likeness (QED) is 0.212. The summed E-state index contributed by atoms with van der Waals surface area (Å²) in [7, 11) is -4.42. The Bertz CT molecular complexity index is 387. The summed E-state index contributed by atoms with van der Waals surface area (Å²) >= 11 is 0. The van der Waals surface area contributed by atoms with E-state index in [9.17, 15) is 18.1 Å². The summed E-state index contributed by atoms with van der Waals surface area (Å²) in [6.45, 7) is 4.32. The van der Waals surface area contributed by atoms with Gasteiger partial charge in [0, 0.05) is 0 Å². The molecule has 0 aromatic carbocycles. The summed E-state index contributed by atoms with van der Waals surface area (Å²) in [5.41, 5.74) is 0. The summed E-state index contributed by atoms with van der Waals surface area (Å²) in [5, 5.41) is 8.99. The molecule has 0 heterocycles. The molecule has 0 aliphatic carbocycles.